The van der Waals surface area contributed by atoms with Gasteiger partial charge in [-0.15, -0.1) is 12.4 Å². The molecule has 0 saturated carbocycles. The minimum atomic E-state index is -0.0440. The van der Waals surface area contributed by atoms with Gasteiger partial charge in [-0.1, -0.05) is 23.7 Å². The minimum Gasteiger partial charge on any atom is -0.324 e. The van der Waals surface area contributed by atoms with Crippen LogP contribution in [0.2, 0.25) is 5.02 Å². The summed E-state index contributed by atoms with van der Waals surface area (Å²) in [5.41, 5.74) is 0.680. The number of hydrogen-bond donors (Lipinski definition) is 2. The average Bonchev–Trinajstić information content (AvgIpc) is 2.92. The van der Waals surface area contributed by atoms with Gasteiger partial charge in [0.15, 0.2) is 0 Å². The van der Waals surface area contributed by atoms with Crippen molar-refractivity contribution in [3.05, 3.63) is 29.3 Å². The summed E-state index contributed by atoms with van der Waals surface area (Å²) in [6.07, 6.45) is 0. The summed E-state index contributed by atoms with van der Waals surface area (Å²) < 4.78 is 0. The maximum atomic E-state index is 12.1. The zero-order valence-electron chi connectivity index (χ0n) is 10.4. The van der Waals surface area contributed by atoms with Crippen LogP contribution in [0.25, 0.3) is 0 Å². The summed E-state index contributed by atoms with van der Waals surface area (Å²) in [4.78, 5) is 14.0. The monoisotopic (exact) mass is 301 g/mol. The summed E-state index contributed by atoms with van der Waals surface area (Å²) in [5, 5.41) is 6.81. The van der Waals surface area contributed by atoms with E-state index >= 15 is 0 Å². The Morgan fingerprint density at radius 1 is 1.26 bits per heavy atom. The number of para-hydroxylation sites is 1. The highest BCUT2D eigenvalue weighted by Crippen LogP contribution is 2.27. The number of amides is 2. The molecule has 2 aliphatic rings. The van der Waals surface area contributed by atoms with Crippen LogP contribution in [0.15, 0.2) is 24.3 Å². The van der Waals surface area contributed by atoms with Crippen LogP contribution in [0.1, 0.15) is 0 Å². The quantitative estimate of drug-likeness (QED) is 0.837. The lowest BCUT2D eigenvalue weighted by molar-refractivity contribution is 0.219. The van der Waals surface area contributed by atoms with Gasteiger partial charge in [-0.05, 0) is 24.0 Å². The number of urea groups is 1. The number of benzene rings is 1. The molecule has 0 spiro atoms. The van der Waals surface area contributed by atoms with Crippen LogP contribution in [0.3, 0.4) is 0 Å². The molecule has 2 fully saturated rings. The van der Waals surface area contributed by atoms with Crippen LogP contribution < -0.4 is 10.6 Å². The largest absolute Gasteiger partial charge is 0.324 e. The summed E-state index contributed by atoms with van der Waals surface area (Å²) in [6, 6.07) is 7.27. The van der Waals surface area contributed by atoms with Crippen LogP contribution >= 0.6 is 24.0 Å². The fraction of sp³-hybridized carbons (Fsp3) is 0.462. The van der Waals surface area contributed by atoms with Gasteiger partial charge in [-0.3, -0.25) is 0 Å². The third-order valence-corrected chi connectivity index (χ3v) is 4.12. The molecule has 6 heteroatoms. The Labute approximate surface area is 123 Å². The highest BCUT2D eigenvalue weighted by molar-refractivity contribution is 6.33. The molecular weight excluding hydrogens is 285 g/mol. The lowest BCUT2D eigenvalue weighted by atomic mass is 10.0. The molecule has 3 rings (SSSR count). The molecule has 0 radical (unpaired) electrons. The predicted octanol–water partition coefficient (Wildman–Crippen LogP) is 2.44. The first-order chi connectivity index (χ1) is 8.74. The Bertz CT molecular complexity index is 457. The van der Waals surface area contributed by atoms with Crippen LogP contribution in [0.5, 0.6) is 0 Å². The molecule has 0 aliphatic carbocycles. The van der Waals surface area contributed by atoms with E-state index in [0.29, 0.717) is 22.5 Å². The third-order valence-electron chi connectivity index (χ3n) is 3.79. The second kappa shape index (κ2) is 5.99. The molecule has 1 aromatic rings. The van der Waals surface area contributed by atoms with Gasteiger partial charge in [0, 0.05) is 26.2 Å². The molecule has 2 aliphatic heterocycles. The van der Waals surface area contributed by atoms with Gasteiger partial charge < -0.3 is 15.5 Å². The Morgan fingerprint density at radius 3 is 2.53 bits per heavy atom. The topological polar surface area (TPSA) is 44.4 Å². The van der Waals surface area contributed by atoms with Crippen molar-refractivity contribution in [1.29, 1.82) is 0 Å². The standard InChI is InChI=1S/C13H16ClN3O.ClH/c14-11-3-1-2-4-12(11)16-13(18)17-7-9-5-15-6-10(9)8-17;/h1-4,9-10,15H,5-8H2,(H,16,18);1H. The van der Waals surface area contributed by atoms with Crippen LogP contribution in [-0.4, -0.2) is 37.1 Å². The van der Waals surface area contributed by atoms with Gasteiger partial charge in [0.05, 0.1) is 10.7 Å². The van der Waals surface area contributed by atoms with Gasteiger partial charge >= 0.3 is 6.03 Å². The predicted molar refractivity (Wildman–Crippen MR) is 79.1 cm³/mol. The normalized spacial score (nSPS) is 24.8. The van der Waals surface area contributed by atoms with Crippen molar-refractivity contribution >= 4 is 35.7 Å². The average molecular weight is 302 g/mol. The molecule has 1 aromatic carbocycles. The molecular formula is C13H17Cl2N3O. The number of carbonyl (C=O) groups is 1. The van der Waals surface area contributed by atoms with E-state index in [2.05, 4.69) is 10.6 Å². The smallest absolute Gasteiger partial charge is 0.321 e. The van der Waals surface area contributed by atoms with Crippen molar-refractivity contribution in [3.63, 3.8) is 0 Å². The van der Waals surface area contributed by atoms with Crippen molar-refractivity contribution in [1.82, 2.24) is 10.2 Å². The van der Waals surface area contributed by atoms with Crippen molar-refractivity contribution in [3.8, 4) is 0 Å². The van der Waals surface area contributed by atoms with Gasteiger partial charge in [0.1, 0.15) is 0 Å². The fourth-order valence-corrected chi connectivity index (χ4v) is 2.96. The summed E-state index contributed by atoms with van der Waals surface area (Å²) in [5.74, 6) is 1.23. The molecule has 2 N–H and O–H groups in total. The molecule has 2 saturated heterocycles. The number of halogens is 2. The van der Waals surface area contributed by atoms with E-state index in [1.165, 1.54) is 0 Å². The van der Waals surface area contributed by atoms with Gasteiger partial charge in [-0.2, -0.15) is 0 Å². The summed E-state index contributed by atoms with van der Waals surface area (Å²) >= 11 is 6.03. The number of rotatable bonds is 1. The third kappa shape index (κ3) is 2.96. The SMILES string of the molecule is Cl.O=C(Nc1ccccc1Cl)N1CC2CNCC2C1. The Morgan fingerprint density at radius 2 is 1.89 bits per heavy atom. The van der Waals surface area contributed by atoms with Gasteiger partial charge in [0.25, 0.3) is 0 Å². The molecule has 0 aromatic heterocycles. The van der Waals surface area contributed by atoms with E-state index in [-0.39, 0.29) is 18.4 Å². The number of carbonyl (C=O) groups excluding carboxylic acids is 1. The molecule has 4 nitrogen and oxygen atoms in total. The van der Waals surface area contributed by atoms with Crippen LogP contribution in [-0.2, 0) is 0 Å². The van der Waals surface area contributed by atoms with Crippen molar-refractivity contribution in [2.24, 2.45) is 11.8 Å². The Hall–Kier alpha value is -0.970. The molecule has 0 bridgehead atoms. The number of fused-ring (bicyclic) bond motifs is 1. The lowest BCUT2D eigenvalue weighted by Crippen LogP contribution is -2.35. The van der Waals surface area contributed by atoms with E-state index in [0.717, 1.165) is 26.2 Å². The van der Waals surface area contributed by atoms with E-state index < -0.39 is 0 Å². The first-order valence-electron chi connectivity index (χ1n) is 6.25. The molecule has 104 valence electrons. The van der Waals surface area contributed by atoms with Crippen LogP contribution in [0.4, 0.5) is 10.5 Å². The lowest BCUT2D eigenvalue weighted by Gasteiger charge is -2.18. The minimum absolute atomic E-state index is 0. The Kier molecular flexibility index (Phi) is 4.55. The van der Waals surface area contributed by atoms with E-state index in [1.807, 2.05) is 23.1 Å². The number of nitrogens with one attached hydrogen (secondary N) is 2. The van der Waals surface area contributed by atoms with E-state index in [4.69, 9.17) is 11.6 Å². The zero-order valence-corrected chi connectivity index (χ0v) is 12.0. The van der Waals surface area contributed by atoms with Crippen molar-refractivity contribution < 1.29 is 4.79 Å². The number of anilines is 1. The maximum absolute atomic E-state index is 12.1. The molecule has 19 heavy (non-hydrogen) atoms. The summed E-state index contributed by atoms with van der Waals surface area (Å²) in [7, 11) is 0. The molecule has 2 unspecified atom stereocenters. The second-order valence-corrected chi connectivity index (χ2v) is 5.40. The van der Waals surface area contributed by atoms with Crippen LogP contribution in [0, 0.1) is 11.8 Å². The number of nitrogens with zero attached hydrogens (tertiary/aromatic N) is 1. The number of hydrogen-bond acceptors (Lipinski definition) is 2. The molecule has 2 amide bonds. The highest BCUT2D eigenvalue weighted by atomic mass is 35.5. The zero-order chi connectivity index (χ0) is 12.5. The van der Waals surface area contributed by atoms with E-state index in [9.17, 15) is 4.79 Å². The molecule has 2 heterocycles. The highest BCUT2D eigenvalue weighted by Gasteiger charge is 2.38. The second-order valence-electron chi connectivity index (χ2n) is 4.99. The van der Waals surface area contributed by atoms with Gasteiger partial charge in [-0.25, -0.2) is 4.79 Å². The van der Waals surface area contributed by atoms with Gasteiger partial charge in [0.2, 0.25) is 0 Å². The fourth-order valence-electron chi connectivity index (χ4n) is 2.78. The van der Waals surface area contributed by atoms with Crippen molar-refractivity contribution in [2.75, 3.05) is 31.5 Å². The number of likely N-dealkylation sites (tertiary alicyclic amines) is 1. The maximum Gasteiger partial charge on any atom is 0.321 e. The summed E-state index contributed by atoms with van der Waals surface area (Å²) in [6.45, 7) is 3.74. The molecule has 2 atom stereocenters. The first-order valence-corrected chi connectivity index (χ1v) is 6.63. The first kappa shape index (κ1) is 14.4. The Balaban J connectivity index is 0.00000133. The van der Waals surface area contributed by atoms with Crippen molar-refractivity contribution in [2.45, 2.75) is 0 Å². The van der Waals surface area contributed by atoms with E-state index in [1.54, 1.807) is 6.07 Å².